The molecule has 1 aliphatic heterocycles. The molecule has 3 heterocycles. The Bertz CT molecular complexity index is 795. The Hall–Kier alpha value is -2.11. The van der Waals surface area contributed by atoms with Crippen LogP contribution in [-0.2, 0) is 0 Å². The van der Waals surface area contributed by atoms with Gasteiger partial charge in [0, 0.05) is 30.9 Å². The number of rotatable bonds is 2. The van der Waals surface area contributed by atoms with Gasteiger partial charge in [0.1, 0.15) is 11.6 Å². The monoisotopic (exact) mass is 313 g/mol. The van der Waals surface area contributed by atoms with Crippen molar-refractivity contribution < 1.29 is 0 Å². The van der Waals surface area contributed by atoms with E-state index in [9.17, 15) is 0 Å². The molecule has 1 aliphatic rings. The van der Waals surface area contributed by atoms with Crippen molar-refractivity contribution in [3.05, 3.63) is 41.6 Å². The minimum Gasteiger partial charge on any atom is -0.355 e. The van der Waals surface area contributed by atoms with Crippen molar-refractivity contribution in [2.24, 2.45) is 5.73 Å². The second-order valence-electron chi connectivity index (χ2n) is 5.62. The lowest BCUT2D eigenvalue weighted by Gasteiger charge is -2.17. The molecule has 3 aromatic rings. The van der Waals surface area contributed by atoms with E-state index in [0.29, 0.717) is 5.02 Å². The lowest BCUT2D eigenvalue weighted by Crippen LogP contribution is -2.26. The van der Waals surface area contributed by atoms with Gasteiger partial charge in [0.15, 0.2) is 0 Å². The van der Waals surface area contributed by atoms with E-state index in [2.05, 4.69) is 19.9 Å². The van der Waals surface area contributed by atoms with Gasteiger partial charge in [-0.15, -0.1) is 0 Å². The highest BCUT2D eigenvalue weighted by molar-refractivity contribution is 6.33. The molecule has 5 nitrogen and oxygen atoms in total. The Morgan fingerprint density at radius 1 is 1.32 bits per heavy atom. The Morgan fingerprint density at radius 3 is 2.95 bits per heavy atom. The van der Waals surface area contributed by atoms with Crippen molar-refractivity contribution in [2.45, 2.75) is 12.5 Å². The molecule has 112 valence electrons. The molecule has 22 heavy (non-hydrogen) atoms. The number of hydrogen-bond acceptors (Lipinski definition) is 4. The molecule has 1 fully saturated rings. The quantitative estimate of drug-likeness (QED) is 0.763. The van der Waals surface area contributed by atoms with Crippen LogP contribution in [0.25, 0.3) is 22.4 Å². The van der Waals surface area contributed by atoms with E-state index in [1.807, 2.05) is 30.3 Å². The van der Waals surface area contributed by atoms with Gasteiger partial charge in [-0.05, 0) is 24.6 Å². The van der Waals surface area contributed by atoms with Crippen LogP contribution in [0.4, 0.5) is 5.82 Å². The number of anilines is 1. The van der Waals surface area contributed by atoms with Gasteiger partial charge in [0.2, 0.25) is 0 Å². The Balaban J connectivity index is 1.77. The van der Waals surface area contributed by atoms with Crippen molar-refractivity contribution in [1.29, 1.82) is 0 Å². The van der Waals surface area contributed by atoms with Crippen molar-refractivity contribution in [3.63, 3.8) is 0 Å². The normalized spacial score (nSPS) is 18.3. The fraction of sp³-hybridized carbons (Fsp3) is 0.250. The molecule has 1 aromatic carbocycles. The van der Waals surface area contributed by atoms with E-state index in [1.165, 1.54) is 0 Å². The van der Waals surface area contributed by atoms with Crippen molar-refractivity contribution in [3.8, 4) is 11.4 Å². The third-order valence-electron chi connectivity index (χ3n) is 4.03. The number of nitrogens with two attached hydrogens (primary N) is 1. The van der Waals surface area contributed by atoms with Gasteiger partial charge in [0.25, 0.3) is 0 Å². The zero-order chi connectivity index (χ0) is 15.1. The number of aromatic amines is 1. The molecule has 0 saturated carbocycles. The first kappa shape index (κ1) is 13.5. The maximum Gasteiger partial charge on any atom is 0.140 e. The third kappa shape index (κ3) is 2.32. The average molecular weight is 314 g/mol. The van der Waals surface area contributed by atoms with Crippen LogP contribution in [0.15, 0.2) is 36.5 Å². The maximum atomic E-state index is 6.33. The van der Waals surface area contributed by atoms with Crippen LogP contribution < -0.4 is 10.6 Å². The largest absolute Gasteiger partial charge is 0.355 e. The predicted octanol–water partition coefficient (Wildman–Crippen LogP) is 2.82. The number of para-hydroxylation sites is 2. The molecule has 6 heteroatoms. The molecule has 4 rings (SSSR count). The van der Waals surface area contributed by atoms with Crippen LogP contribution in [0.3, 0.4) is 0 Å². The number of pyridine rings is 1. The summed E-state index contributed by atoms with van der Waals surface area (Å²) < 4.78 is 0. The topological polar surface area (TPSA) is 70.8 Å². The summed E-state index contributed by atoms with van der Waals surface area (Å²) in [7, 11) is 0. The predicted molar refractivity (Wildman–Crippen MR) is 89.1 cm³/mol. The fourth-order valence-electron chi connectivity index (χ4n) is 2.86. The number of fused-ring (bicyclic) bond motifs is 1. The number of nitrogens with one attached hydrogen (secondary N) is 1. The van der Waals surface area contributed by atoms with Gasteiger partial charge in [0.05, 0.1) is 16.1 Å². The molecule has 0 amide bonds. The van der Waals surface area contributed by atoms with Crippen LogP contribution >= 0.6 is 11.6 Å². The Kier molecular flexibility index (Phi) is 3.24. The molecule has 0 spiro atoms. The Morgan fingerprint density at radius 2 is 2.18 bits per heavy atom. The standard InChI is InChI=1S/C16H16ClN5/c17-12-8-19-15(22-6-5-10(18)9-22)7-11(12)16-20-13-3-1-2-4-14(13)21-16/h1-4,7-8,10H,5-6,9,18H2,(H,20,21). The van der Waals surface area contributed by atoms with Crippen LogP contribution in [0.2, 0.25) is 5.02 Å². The third-order valence-corrected chi connectivity index (χ3v) is 4.34. The highest BCUT2D eigenvalue weighted by Crippen LogP contribution is 2.30. The molecular weight excluding hydrogens is 298 g/mol. The molecule has 1 saturated heterocycles. The van der Waals surface area contributed by atoms with Gasteiger partial charge >= 0.3 is 0 Å². The minimum atomic E-state index is 0.215. The Labute approximate surface area is 133 Å². The SMILES string of the molecule is NC1CCN(c2cc(-c3nc4ccccc4[nH]3)c(Cl)cn2)C1. The van der Waals surface area contributed by atoms with Gasteiger partial charge in [-0.3, -0.25) is 0 Å². The van der Waals surface area contributed by atoms with E-state index in [0.717, 1.165) is 47.7 Å². The van der Waals surface area contributed by atoms with E-state index < -0.39 is 0 Å². The zero-order valence-corrected chi connectivity index (χ0v) is 12.7. The number of H-pyrrole nitrogens is 1. The molecule has 1 atom stereocenters. The molecule has 2 aromatic heterocycles. The molecule has 0 bridgehead atoms. The second-order valence-corrected chi connectivity index (χ2v) is 6.03. The van der Waals surface area contributed by atoms with E-state index in [-0.39, 0.29) is 6.04 Å². The van der Waals surface area contributed by atoms with Gasteiger partial charge in [-0.2, -0.15) is 0 Å². The summed E-state index contributed by atoms with van der Waals surface area (Å²) in [4.78, 5) is 14.5. The summed E-state index contributed by atoms with van der Waals surface area (Å²) in [5.74, 6) is 1.66. The number of imidazole rings is 1. The van der Waals surface area contributed by atoms with Crippen LogP contribution in [0, 0.1) is 0 Å². The van der Waals surface area contributed by atoms with E-state index in [1.54, 1.807) is 6.20 Å². The van der Waals surface area contributed by atoms with Crippen molar-refractivity contribution in [2.75, 3.05) is 18.0 Å². The summed E-state index contributed by atoms with van der Waals surface area (Å²) in [6.07, 6.45) is 2.67. The zero-order valence-electron chi connectivity index (χ0n) is 12.0. The van der Waals surface area contributed by atoms with Crippen LogP contribution in [0.1, 0.15) is 6.42 Å². The summed E-state index contributed by atoms with van der Waals surface area (Å²) in [6, 6.07) is 10.1. The number of hydrogen-bond donors (Lipinski definition) is 2. The van der Waals surface area contributed by atoms with E-state index >= 15 is 0 Å². The lowest BCUT2D eigenvalue weighted by atomic mass is 10.2. The summed E-state index contributed by atoms with van der Waals surface area (Å²) in [5, 5.41) is 0.589. The second kappa shape index (κ2) is 5.26. The average Bonchev–Trinajstić information content (AvgIpc) is 3.13. The molecule has 0 radical (unpaired) electrons. The van der Waals surface area contributed by atoms with E-state index in [4.69, 9.17) is 17.3 Å². The highest BCUT2D eigenvalue weighted by atomic mass is 35.5. The smallest absolute Gasteiger partial charge is 0.140 e. The van der Waals surface area contributed by atoms with Gasteiger partial charge in [-0.25, -0.2) is 9.97 Å². The van der Waals surface area contributed by atoms with Crippen LogP contribution in [0.5, 0.6) is 0 Å². The maximum absolute atomic E-state index is 6.33. The number of halogens is 1. The van der Waals surface area contributed by atoms with Crippen molar-refractivity contribution in [1.82, 2.24) is 15.0 Å². The fourth-order valence-corrected chi connectivity index (χ4v) is 3.05. The molecule has 1 unspecified atom stereocenters. The number of aromatic nitrogens is 3. The first-order valence-corrected chi connectivity index (χ1v) is 7.70. The van der Waals surface area contributed by atoms with Gasteiger partial charge < -0.3 is 15.6 Å². The van der Waals surface area contributed by atoms with Crippen LogP contribution in [-0.4, -0.2) is 34.1 Å². The highest BCUT2D eigenvalue weighted by Gasteiger charge is 2.21. The molecule has 0 aliphatic carbocycles. The molecular formula is C16H16ClN5. The minimum absolute atomic E-state index is 0.215. The van der Waals surface area contributed by atoms with Crippen molar-refractivity contribution >= 4 is 28.5 Å². The summed E-state index contributed by atoms with van der Waals surface area (Å²) in [5.41, 5.74) is 8.76. The van der Waals surface area contributed by atoms with Gasteiger partial charge in [-0.1, -0.05) is 23.7 Å². The number of nitrogens with zero attached hydrogens (tertiary/aromatic N) is 3. The lowest BCUT2D eigenvalue weighted by molar-refractivity contribution is 0.751. The first-order chi connectivity index (χ1) is 10.7. The molecule has 3 N–H and O–H groups in total. The summed E-state index contributed by atoms with van der Waals surface area (Å²) in [6.45, 7) is 1.75. The summed E-state index contributed by atoms with van der Waals surface area (Å²) >= 11 is 6.33. The first-order valence-electron chi connectivity index (χ1n) is 7.32. The number of benzene rings is 1.